The van der Waals surface area contributed by atoms with E-state index in [1.165, 1.54) is 5.56 Å². The molecule has 1 aromatic rings. The molecule has 18 heavy (non-hydrogen) atoms. The zero-order valence-corrected chi connectivity index (χ0v) is 11.2. The molecular formula is C17H22O. The van der Waals surface area contributed by atoms with Gasteiger partial charge in [-0.15, -0.1) is 0 Å². The van der Waals surface area contributed by atoms with Crippen molar-refractivity contribution in [2.75, 3.05) is 6.61 Å². The number of allylic oxidation sites excluding steroid dienone is 3. The fourth-order valence-corrected chi connectivity index (χ4v) is 1.69. The molecule has 0 atom stereocenters. The van der Waals surface area contributed by atoms with Crippen molar-refractivity contribution in [2.45, 2.75) is 26.2 Å². The highest BCUT2D eigenvalue weighted by Crippen LogP contribution is 2.10. The molecule has 0 aliphatic heterocycles. The Bertz CT molecular complexity index is 401. The van der Waals surface area contributed by atoms with Crippen LogP contribution in [0.5, 0.6) is 0 Å². The summed E-state index contributed by atoms with van der Waals surface area (Å²) in [5.41, 5.74) is 2.42. The summed E-state index contributed by atoms with van der Waals surface area (Å²) in [6.07, 6.45) is 6.84. The van der Waals surface area contributed by atoms with Gasteiger partial charge in [-0.1, -0.05) is 49.6 Å². The summed E-state index contributed by atoms with van der Waals surface area (Å²) < 4.78 is 5.67. The van der Waals surface area contributed by atoms with Crippen molar-refractivity contribution >= 4 is 0 Å². The van der Waals surface area contributed by atoms with Gasteiger partial charge in [-0.2, -0.15) is 0 Å². The Morgan fingerprint density at radius 1 is 1.11 bits per heavy atom. The van der Waals surface area contributed by atoms with Crippen LogP contribution in [0.25, 0.3) is 0 Å². The zero-order chi connectivity index (χ0) is 13.2. The summed E-state index contributed by atoms with van der Waals surface area (Å²) >= 11 is 0. The van der Waals surface area contributed by atoms with Gasteiger partial charge < -0.3 is 4.74 Å². The second-order valence-electron chi connectivity index (χ2n) is 4.25. The smallest absolute Gasteiger partial charge is 0.121 e. The molecule has 0 amide bonds. The van der Waals surface area contributed by atoms with Crippen LogP contribution in [0, 0.1) is 0 Å². The highest BCUT2D eigenvalue weighted by Gasteiger charge is 1.97. The number of aryl methyl sites for hydroxylation is 1. The third-order valence-electron chi connectivity index (χ3n) is 2.84. The molecule has 0 aromatic heterocycles. The summed E-state index contributed by atoms with van der Waals surface area (Å²) in [7, 11) is 0. The molecule has 1 nitrogen and oxygen atoms in total. The first kappa shape index (κ1) is 14.3. The number of ether oxygens (including phenoxy) is 1. The van der Waals surface area contributed by atoms with E-state index in [1.807, 2.05) is 13.0 Å². The van der Waals surface area contributed by atoms with Crippen molar-refractivity contribution in [3.8, 4) is 0 Å². The quantitative estimate of drug-likeness (QED) is 0.365. The Morgan fingerprint density at radius 3 is 2.44 bits per heavy atom. The van der Waals surface area contributed by atoms with Crippen LogP contribution in [-0.2, 0) is 11.2 Å². The predicted octanol–water partition coefficient (Wildman–Crippen LogP) is 4.67. The van der Waals surface area contributed by atoms with Crippen LogP contribution in [0.1, 0.15) is 25.3 Å². The zero-order valence-electron chi connectivity index (χ0n) is 11.2. The lowest BCUT2D eigenvalue weighted by atomic mass is 10.1. The molecule has 1 rings (SSSR count). The Morgan fingerprint density at radius 2 is 1.83 bits per heavy atom. The standard InChI is InChI=1S/C17H22O/c1-4-15(3)17(5-2)18-14-10-9-13-16-11-7-6-8-12-16/h4-8,11-12H,1-2,9-10,13-14H2,3H3/b17-15+. The maximum Gasteiger partial charge on any atom is 0.121 e. The van der Waals surface area contributed by atoms with E-state index in [0.29, 0.717) is 0 Å². The van der Waals surface area contributed by atoms with Crippen molar-refractivity contribution in [3.05, 3.63) is 72.5 Å². The maximum atomic E-state index is 5.67. The minimum absolute atomic E-state index is 0.735. The molecule has 0 unspecified atom stereocenters. The molecule has 1 aromatic carbocycles. The summed E-state index contributed by atoms with van der Waals surface area (Å²) in [6.45, 7) is 10.2. The number of rotatable bonds is 8. The lowest BCUT2D eigenvalue weighted by Gasteiger charge is -2.08. The van der Waals surface area contributed by atoms with Gasteiger partial charge in [0.2, 0.25) is 0 Å². The van der Waals surface area contributed by atoms with Crippen LogP contribution in [0.4, 0.5) is 0 Å². The first-order valence-electron chi connectivity index (χ1n) is 6.40. The second-order valence-corrected chi connectivity index (χ2v) is 4.25. The van der Waals surface area contributed by atoms with Crippen LogP contribution in [0.3, 0.4) is 0 Å². The van der Waals surface area contributed by atoms with E-state index in [1.54, 1.807) is 12.2 Å². The molecule has 0 fully saturated rings. The number of unbranched alkanes of at least 4 members (excludes halogenated alkanes) is 1. The normalized spacial score (nSPS) is 11.6. The molecule has 1 heteroatoms. The van der Waals surface area contributed by atoms with Gasteiger partial charge in [0, 0.05) is 0 Å². The van der Waals surface area contributed by atoms with E-state index in [0.717, 1.165) is 37.2 Å². The van der Waals surface area contributed by atoms with Gasteiger partial charge in [-0.25, -0.2) is 0 Å². The van der Waals surface area contributed by atoms with E-state index in [9.17, 15) is 0 Å². The molecule has 0 radical (unpaired) electrons. The van der Waals surface area contributed by atoms with E-state index in [2.05, 4.69) is 37.4 Å². The summed E-state index contributed by atoms with van der Waals surface area (Å²) in [5.74, 6) is 0.838. The van der Waals surface area contributed by atoms with Crippen molar-refractivity contribution < 1.29 is 4.74 Å². The molecule has 0 saturated carbocycles. The predicted molar refractivity (Wildman–Crippen MR) is 78.4 cm³/mol. The summed E-state index contributed by atoms with van der Waals surface area (Å²) in [6, 6.07) is 10.5. The van der Waals surface area contributed by atoms with Gasteiger partial charge >= 0.3 is 0 Å². The van der Waals surface area contributed by atoms with Gasteiger partial charge in [0.1, 0.15) is 5.76 Å². The van der Waals surface area contributed by atoms with Gasteiger partial charge in [0.25, 0.3) is 0 Å². The Balaban J connectivity index is 2.23. The minimum Gasteiger partial charge on any atom is -0.493 e. The van der Waals surface area contributed by atoms with Crippen molar-refractivity contribution in [2.24, 2.45) is 0 Å². The molecular weight excluding hydrogens is 220 g/mol. The molecule has 0 heterocycles. The molecule has 0 aliphatic carbocycles. The van der Waals surface area contributed by atoms with Crippen LogP contribution in [0.15, 0.2) is 67.0 Å². The SMILES string of the molecule is C=C/C(C)=C(\C=C)OCCCCc1ccccc1. The summed E-state index contributed by atoms with van der Waals surface area (Å²) in [5, 5.41) is 0. The van der Waals surface area contributed by atoms with Crippen molar-refractivity contribution in [1.29, 1.82) is 0 Å². The first-order chi connectivity index (χ1) is 8.77. The average molecular weight is 242 g/mol. The van der Waals surface area contributed by atoms with E-state index in [4.69, 9.17) is 4.74 Å². The Hall–Kier alpha value is -1.76. The van der Waals surface area contributed by atoms with Crippen molar-refractivity contribution in [3.63, 3.8) is 0 Å². The molecule has 96 valence electrons. The molecule has 0 bridgehead atoms. The number of hydrogen-bond donors (Lipinski definition) is 0. The number of benzene rings is 1. The highest BCUT2D eigenvalue weighted by molar-refractivity contribution is 5.24. The summed E-state index contributed by atoms with van der Waals surface area (Å²) in [4.78, 5) is 0. The monoisotopic (exact) mass is 242 g/mol. The second kappa shape index (κ2) is 8.35. The third-order valence-corrected chi connectivity index (χ3v) is 2.84. The van der Waals surface area contributed by atoms with Gasteiger partial charge in [-0.05, 0) is 43.4 Å². The Kier molecular flexibility index (Phi) is 6.63. The van der Waals surface area contributed by atoms with Gasteiger partial charge in [0.05, 0.1) is 6.61 Å². The van der Waals surface area contributed by atoms with Crippen molar-refractivity contribution in [1.82, 2.24) is 0 Å². The first-order valence-corrected chi connectivity index (χ1v) is 6.40. The lowest BCUT2D eigenvalue weighted by Crippen LogP contribution is -1.96. The van der Waals surface area contributed by atoms with E-state index >= 15 is 0 Å². The average Bonchev–Trinajstić information content (AvgIpc) is 2.43. The minimum atomic E-state index is 0.735. The van der Waals surface area contributed by atoms with Crippen LogP contribution in [0.2, 0.25) is 0 Å². The van der Waals surface area contributed by atoms with E-state index in [-0.39, 0.29) is 0 Å². The fraction of sp³-hybridized carbons (Fsp3) is 0.294. The maximum absolute atomic E-state index is 5.67. The van der Waals surface area contributed by atoms with Crippen LogP contribution < -0.4 is 0 Å². The van der Waals surface area contributed by atoms with Gasteiger partial charge in [0.15, 0.2) is 0 Å². The number of hydrogen-bond acceptors (Lipinski definition) is 1. The largest absolute Gasteiger partial charge is 0.493 e. The molecule has 0 spiro atoms. The third kappa shape index (κ3) is 5.05. The Labute approximate surface area is 110 Å². The van der Waals surface area contributed by atoms with Crippen LogP contribution >= 0.6 is 0 Å². The highest BCUT2D eigenvalue weighted by atomic mass is 16.5. The lowest BCUT2D eigenvalue weighted by molar-refractivity contribution is 0.216. The van der Waals surface area contributed by atoms with E-state index < -0.39 is 0 Å². The van der Waals surface area contributed by atoms with Gasteiger partial charge in [-0.3, -0.25) is 0 Å². The topological polar surface area (TPSA) is 9.23 Å². The molecule has 0 aliphatic rings. The molecule has 0 saturated heterocycles. The van der Waals surface area contributed by atoms with Crippen LogP contribution in [-0.4, -0.2) is 6.61 Å². The fourth-order valence-electron chi connectivity index (χ4n) is 1.69. The molecule has 0 N–H and O–H groups in total.